The van der Waals surface area contributed by atoms with E-state index in [0.29, 0.717) is 18.2 Å². The average molecular weight is 476 g/mol. The lowest BCUT2D eigenvalue weighted by Crippen LogP contribution is -2.29. The van der Waals surface area contributed by atoms with E-state index in [1.165, 1.54) is 0 Å². The summed E-state index contributed by atoms with van der Waals surface area (Å²) in [5, 5.41) is 2.97. The van der Waals surface area contributed by atoms with Gasteiger partial charge >= 0.3 is 0 Å². The molecule has 0 bridgehead atoms. The summed E-state index contributed by atoms with van der Waals surface area (Å²) in [5.41, 5.74) is 3.07. The molecule has 1 aromatic heterocycles. The Hall–Kier alpha value is -3.25. The number of nitrogens with zero attached hydrogens (tertiary/aromatic N) is 2. The van der Waals surface area contributed by atoms with Crippen LogP contribution in [0.1, 0.15) is 34.5 Å². The SMILES string of the molecule is O=C(NC1CC1)c1ccc(/C=C/C(=O)N(Cc2ccccn2)c2ccc(Br)cc2)cc1. The molecule has 2 aromatic carbocycles. The van der Waals surface area contributed by atoms with E-state index in [0.717, 1.165) is 34.3 Å². The quantitative estimate of drug-likeness (QED) is 0.490. The highest BCUT2D eigenvalue weighted by atomic mass is 79.9. The number of hydrogen-bond acceptors (Lipinski definition) is 3. The first-order valence-corrected chi connectivity index (χ1v) is 10.9. The van der Waals surface area contributed by atoms with Gasteiger partial charge in [0.05, 0.1) is 12.2 Å². The zero-order valence-corrected chi connectivity index (χ0v) is 18.5. The molecule has 0 radical (unpaired) electrons. The number of aromatic nitrogens is 1. The van der Waals surface area contributed by atoms with Crippen LogP contribution in [0.15, 0.2) is 83.5 Å². The number of amides is 2. The van der Waals surface area contributed by atoms with Gasteiger partial charge in [0, 0.05) is 34.0 Å². The van der Waals surface area contributed by atoms with Crippen LogP contribution in [0.4, 0.5) is 5.69 Å². The van der Waals surface area contributed by atoms with E-state index in [1.54, 1.807) is 35.4 Å². The maximum atomic E-state index is 13.0. The Balaban J connectivity index is 1.48. The van der Waals surface area contributed by atoms with Gasteiger partial charge in [0.25, 0.3) is 11.8 Å². The van der Waals surface area contributed by atoms with Crippen LogP contribution < -0.4 is 10.2 Å². The zero-order valence-electron chi connectivity index (χ0n) is 16.9. The predicted molar refractivity (Wildman–Crippen MR) is 126 cm³/mol. The normalized spacial score (nSPS) is 13.2. The van der Waals surface area contributed by atoms with Gasteiger partial charge in [0.15, 0.2) is 0 Å². The lowest BCUT2D eigenvalue weighted by molar-refractivity contribution is -0.114. The van der Waals surface area contributed by atoms with Crippen molar-refractivity contribution in [1.82, 2.24) is 10.3 Å². The van der Waals surface area contributed by atoms with Crippen LogP contribution in [0.25, 0.3) is 6.08 Å². The summed E-state index contributed by atoms with van der Waals surface area (Å²) in [7, 11) is 0. The molecule has 1 aliphatic rings. The second-order valence-corrected chi connectivity index (χ2v) is 8.34. The minimum absolute atomic E-state index is 0.0501. The number of carbonyl (C=O) groups is 2. The molecule has 6 heteroatoms. The number of anilines is 1. The first kappa shape index (κ1) is 21.0. The van der Waals surface area contributed by atoms with Crippen molar-refractivity contribution in [1.29, 1.82) is 0 Å². The summed E-state index contributed by atoms with van der Waals surface area (Å²) >= 11 is 3.43. The Kier molecular flexibility index (Phi) is 6.57. The molecule has 1 heterocycles. The van der Waals surface area contributed by atoms with Gasteiger partial charge in [-0.25, -0.2) is 0 Å². The highest BCUT2D eigenvalue weighted by Crippen LogP contribution is 2.21. The van der Waals surface area contributed by atoms with Crippen LogP contribution in [0, 0.1) is 0 Å². The molecule has 31 heavy (non-hydrogen) atoms. The van der Waals surface area contributed by atoms with Gasteiger partial charge in [0.1, 0.15) is 0 Å². The third-order valence-electron chi connectivity index (χ3n) is 4.95. The minimum Gasteiger partial charge on any atom is -0.349 e. The van der Waals surface area contributed by atoms with Crippen LogP contribution in [-0.2, 0) is 11.3 Å². The highest BCUT2D eigenvalue weighted by molar-refractivity contribution is 9.10. The smallest absolute Gasteiger partial charge is 0.251 e. The van der Waals surface area contributed by atoms with E-state index in [9.17, 15) is 9.59 Å². The van der Waals surface area contributed by atoms with Crippen molar-refractivity contribution in [3.8, 4) is 0 Å². The summed E-state index contributed by atoms with van der Waals surface area (Å²) < 4.78 is 0.947. The molecule has 0 unspecified atom stereocenters. The number of hydrogen-bond donors (Lipinski definition) is 1. The molecule has 1 fully saturated rings. The molecule has 0 aliphatic heterocycles. The molecule has 2 amide bonds. The van der Waals surface area contributed by atoms with Gasteiger partial charge in [-0.2, -0.15) is 0 Å². The highest BCUT2D eigenvalue weighted by Gasteiger charge is 2.23. The summed E-state index contributed by atoms with van der Waals surface area (Å²) in [4.78, 5) is 31.2. The Labute approximate surface area is 189 Å². The predicted octanol–water partition coefficient (Wildman–Crippen LogP) is 4.98. The molecule has 1 aliphatic carbocycles. The molecular weight excluding hydrogens is 454 g/mol. The Morgan fingerprint density at radius 2 is 1.77 bits per heavy atom. The topological polar surface area (TPSA) is 62.3 Å². The number of carbonyl (C=O) groups excluding carboxylic acids is 2. The second kappa shape index (κ2) is 9.71. The van der Waals surface area contributed by atoms with Crippen molar-refractivity contribution in [3.63, 3.8) is 0 Å². The first-order valence-electron chi connectivity index (χ1n) is 10.1. The fourth-order valence-electron chi connectivity index (χ4n) is 3.07. The summed E-state index contributed by atoms with van der Waals surface area (Å²) in [6.45, 7) is 0.367. The fourth-order valence-corrected chi connectivity index (χ4v) is 3.33. The third kappa shape index (κ3) is 5.89. The molecule has 0 atom stereocenters. The van der Waals surface area contributed by atoms with Crippen LogP contribution in [0.3, 0.4) is 0 Å². The number of rotatable bonds is 7. The number of pyridine rings is 1. The summed E-state index contributed by atoms with van der Waals surface area (Å²) in [6, 6.07) is 20.8. The van der Waals surface area contributed by atoms with Gasteiger partial charge < -0.3 is 10.2 Å². The molecule has 3 aromatic rings. The van der Waals surface area contributed by atoms with Gasteiger partial charge in [-0.05, 0) is 73.0 Å². The van der Waals surface area contributed by atoms with Crippen molar-refractivity contribution in [3.05, 3.63) is 100 Å². The molecule has 1 N–H and O–H groups in total. The molecule has 156 valence electrons. The third-order valence-corrected chi connectivity index (χ3v) is 5.48. The Morgan fingerprint density at radius 3 is 2.42 bits per heavy atom. The largest absolute Gasteiger partial charge is 0.349 e. The second-order valence-electron chi connectivity index (χ2n) is 7.42. The zero-order chi connectivity index (χ0) is 21.6. The summed E-state index contributed by atoms with van der Waals surface area (Å²) in [6.07, 6.45) is 7.14. The Morgan fingerprint density at radius 1 is 1.03 bits per heavy atom. The monoisotopic (exact) mass is 475 g/mol. The van der Waals surface area contributed by atoms with Crippen LogP contribution >= 0.6 is 15.9 Å². The van der Waals surface area contributed by atoms with Crippen LogP contribution in [-0.4, -0.2) is 22.8 Å². The average Bonchev–Trinajstić information content (AvgIpc) is 3.61. The van der Waals surface area contributed by atoms with Gasteiger partial charge in [-0.3, -0.25) is 14.6 Å². The number of benzene rings is 2. The molecule has 4 rings (SSSR count). The maximum absolute atomic E-state index is 13.0. The van der Waals surface area contributed by atoms with Crippen LogP contribution in [0.5, 0.6) is 0 Å². The van der Waals surface area contributed by atoms with Crippen LogP contribution in [0.2, 0.25) is 0 Å². The van der Waals surface area contributed by atoms with E-state index in [1.807, 2.05) is 54.6 Å². The van der Waals surface area contributed by atoms with Crippen molar-refractivity contribution < 1.29 is 9.59 Å². The summed E-state index contributed by atoms with van der Waals surface area (Å²) in [5.74, 6) is -0.200. The van der Waals surface area contributed by atoms with Crippen molar-refractivity contribution >= 4 is 39.5 Å². The van der Waals surface area contributed by atoms with E-state index in [-0.39, 0.29) is 11.8 Å². The molecule has 1 saturated carbocycles. The number of halogens is 1. The fraction of sp³-hybridized carbons (Fsp3) is 0.160. The lowest BCUT2D eigenvalue weighted by Gasteiger charge is -2.21. The molecular formula is C25H22BrN3O2. The number of nitrogens with one attached hydrogen (secondary N) is 1. The van der Waals surface area contributed by atoms with Gasteiger partial charge in [-0.1, -0.05) is 34.1 Å². The lowest BCUT2D eigenvalue weighted by atomic mass is 10.1. The van der Waals surface area contributed by atoms with Gasteiger partial charge in [0.2, 0.25) is 0 Å². The molecule has 0 saturated heterocycles. The van der Waals surface area contributed by atoms with Gasteiger partial charge in [-0.15, -0.1) is 0 Å². The van der Waals surface area contributed by atoms with E-state index in [4.69, 9.17) is 0 Å². The minimum atomic E-state index is -0.150. The van der Waals surface area contributed by atoms with Crippen molar-refractivity contribution in [2.45, 2.75) is 25.4 Å². The van der Waals surface area contributed by atoms with E-state index < -0.39 is 0 Å². The standard InChI is InChI=1S/C25H22BrN3O2/c26-20-9-13-23(14-10-20)29(17-22-3-1-2-16-27-22)24(30)15-6-18-4-7-19(8-5-18)25(31)28-21-11-12-21/h1-10,13-16,21H,11-12,17H2,(H,28,31)/b15-6+. The van der Waals surface area contributed by atoms with Crippen molar-refractivity contribution in [2.75, 3.05) is 4.90 Å². The first-order chi connectivity index (χ1) is 15.1. The van der Waals surface area contributed by atoms with E-state index >= 15 is 0 Å². The van der Waals surface area contributed by atoms with Crippen molar-refractivity contribution in [2.24, 2.45) is 0 Å². The van der Waals surface area contributed by atoms with E-state index in [2.05, 4.69) is 26.2 Å². The Bertz CT molecular complexity index is 1080. The molecule has 5 nitrogen and oxygen atoms in total. The molecule has 0 spiro atoms. The maximum Gasteiger partial charge on any atom is 0.251 e.